The van der Waals surface area contributed by atoms with Crippen LogP contribution in [0.15, 0.2) is 24.3 Å². The molecule has 1 aromatic rings. The molecule has 0 spiro atoms. The highest BCUT2D eigenvalue weighted by molar-refractivity contribution is 5.55. The first-order chi connectivity index (χ1) is 8.93. The van der Waals surface area contributed by atoms with Gasteiger partial charge in [-0.1, -0.05) is 18.2 Å². The highest BCUT2D eigenvalue weighted by Gasteiger charge is 2.17. The van der Waals surface area contributed by atoms with Gasteiger partial charge in [0, 0.05) is 38.4 Å². The van der Waals surface area contributed by atoms with E-state index >= 15 is 0 Å². The van der Waals surface area contributed by atoms with Gasteiger partial charge in [-0.25, -0.2) is 0 Å². The molecule has 0 radical (unpaired) electrons. The minimum absolute atomic E-state index is 0.899. The van der Waals surface area contributed by atoms with Gasteiger partial charge in [-0.2, -0.15) is 0 Å². The van der Waals surface area contributed by atoms with Crippen LogP contribution in [-0.4, -0.2) is 50.8 Å². The first-order valence-corrected chi connectivity index (χ1v) is 7.06. The van der Waals surface area contributed by atoms with E-state index < -0.39 is 0 Å². The average molecular weight is 246 g/mol. The number of fused-ring (bicyclic) bond motifs is 1. The SMILES string of the molecule is c1ccc2c(c1)CCCN2CCN1CCOCC1. The third-order valence-corrected chi connectivity index (χ3v) is 4.00. The molecule has 0 bridgehead atoms. The van der Waals surface area contributed by atoms with E-state index in [2.05, 4.69) is 34.1 Å². The first kappa shape index (κ1) is 12.0. The Kier molecular flexibility index (Phi) is 3.81. The Labute approximate surface area is 109 Å². The molecule has 2 aliphatic rings. The van der Waals surface area contributed by atoms with Crippen molar-refractivity contribution in [1.29, 1.82) is 0 Å². The third-order valence-electron chi connectivity index (χ3n) is 4.00. The lowest BCUT2D eigenvalue weighted by atomic mass is 10.0. The number of benzene rings is 1. The predicted octanol–water partition coefficient (Wildman–Crippen LogP) is 1.77. The molecule has 1 aromatic carbocycles. The molecule has 1 fully saturated rings. The molecule has 0 atom stereocenters. The Balaban J connectivity index is 1.60. The molecule has 98 valence electrons. The maximum atomic E-state index is 5.39. The summed E-state index contributed by atoms with van der Waals surface area (Å²) in [7, 11) is 0. The topological polar surface area (TPSA) is 15.7 Å². The zero-order valence-corrected chi connectivity index (χ0v) is 11.0. The van der Waals surface area contributed by atoms with Crippen LogP contribution in [0.4, 0.5) is 5.69 Å². The van der Waals surface area contributed by atoms with E-state index in [1.54, 1.807) is 0 Å². The van der Waals surface area contributed by atoms with Crippen LogP contribution in [0, 0.1) is 0 Å². The molecule has 1 saturated heterocycles. The summed E-state index contributed by atoms with van der Waals surface area (Å²) in [6, 6.07) is 8.86. The zero-order valence-electron chi connectivity index (χ0n) is 11.0. The number of morpholine rings is 1. The summed E-state index contributed by atoms with van der Waals surface area (Å²) in [5.41, 5.74) is 2.97. The maximum Gasteiger partial charge on any atom is 0.0594 e. The standard InChI is InChI=1S/C15H22N2O/c1-2-6-15-14(4-1)5-3-7-17(15)9-8-16-10-12-18-13-11-16/h1-2,4,6H,3,5,7-13H2. The predicted molar refractivity (Wildman–Crippen MR) is 74.2 cm³/mol. The molecular weight excluding hydrogens is 224 g/mol. The smallest absolute Gasteiger partial charge is 0.0594 e. The van der Waals surface area contributed by atoms with Crippen LogP contribution < -0.4 is 4.90 Å². The summed E-state index contributed by atoms with van der Waals surface area (Å²) in [6.45, 7) is 7.51. The van der Waals surface area contributed by atoms with Crippen LogP contribution >= 0.6 is 0 Å². The second-order valence-electron chi connectivity index (χ2n) is 5.17. The molecule has 0 saturated carbocycles. The Bertz CT molecular complexity index is 388. The second-order valence-corrected chi connectivity index (χ2v) is 5.17. The fourth-order valence-electron chi connectivity index (χ4n) is 2.93. The van der Waals surface area contributed by atoms with Crippen molar-refractivity contribution in [2.45, 2.75) is 12.8 Å². The molecule has 3 nitrogen and oxygen atoms in total. The number of hydrogen-bond donors (Lipinski definition) is 0. The average Bonchev–Trinajstić information content (AvgIpc) is 2.46. The fraction of sp³-hybridized carbons (Fsp3) is 0.600. The fourth-order valence-corrected chi connectivity index (χ4v) is 2.93. The van der Waals surface area contributed by atoms with Gasteiger partial charge < -0.3 is 9.64 Å². The van der Waals surface area contributed by atoms with Crippen LogP contribution in [0.25, 0.3) is 0 Å². The molecule has 2 heterocycles. The van der Waals surface area contributed by atoms with Crippen molar-refractivity contribution >= 4 is 5.69 Å². The molecule has 0 amide bonds. The Morgan fingerprint density at radius 3 is 2.72 bits per heavy atom. The Hall–Kier alpha value is -1.06. The van der Waals surface area contributed by atoms with Gasteiger partial charge in [0.2, 0.25) is 0 Å². The van der Waals surface area contributed by atoms with Gasteiger partial charge in [0.25, 0.3) is 0 Å². The van der Waals surface area contributed by atoms with E-state index in [1.165, 1.54) is 30.6 Å². The van der Waals surface area contributed by atoms with E-state index in [9.17, 15) is 0 Å². The summed E-state index contributed by atoms with van der Waals surface area (Å²) in [5.74, 6) is 0. The second kappa shape index (κ2) is 5.72. The largest absolute Gasteiger partial charge is 0.379 e. The normalized spacial score (nSPS) is 20.8. The van der Waals surface area contributed by atoms with E-state index in [4.69, 9.17) is 4.74 Å². The van der Waals surface area contributed by atoms with Gasteiger partial charge in [-0.3, -0.25) is 4.90 Å². The minimum Gasteiger partial charge on any atom is -0.379 e. The van der Waals surface area contributed by atoms with Gasteiger partial charge >= 0.3 is 0 Å². The quantitative estimate of drug-likeness (QED) is 0.808. The third kappa shape index (κ3) is 2.68. The van der Waals surface area contributed by atoms with Crippen LogP contribution in [0.3, 0.4) is 0 Å². The summed E-state index contributed by atoms with van der Waals surface area (Å²) in [4.78, 5) is 5.06. The maximum absolute atomic E-state index is 5.39. The first-order valence-electron chi connectivity index (χ1n) is 7.06. The van der Waals surface area contributed by atoms with Crippen molar-refractivity contribution in [3.8, 4) is 0 Å². The van der Waals surface area contributed by atoms with Crippen molar-refractivity contribution in [3.05, 3.63) is 29.8 Å². The van der Waals surface area contributed by atoms with Crippen molar-refractivity contribution in [2.24, 2.45) is 0 Å². The summed E-state index contributed by atoms with van der Waals surface area (Å²) >= 11 is 0. The van der Waals surface area contributed by atoms with Gasteiger partial charge in [0.15, 0.2) is 0 Å². The van der Waals surface area contributed by atoms with E-state index in [1.807, 2.05) is 0 Å². The summed E-state index contributed by atoms with van der Waals surface area (Å²) in [5, 5.41) is 0. The van der Waals surface area contributed by atoms with Crippen LogP contribution in [0.5, 0.6) is 0 Å². The van der Waals surface area contributed by atoms with E-state index in [0.717, 1.165) is 39.4 Å². The monoisotopic (exact) mass is 246 g/mol. The lowest BCUT2D eigenvalue weighted by molar-refractivity contribution is 0.0391. The molecule has 0 aromatic heterocycles. The van der Waals surface area contributed by atoms with Gasteiger partial charge in [-0.05, 0) is 24.5 Å². The number of para-hydroxylation sites is 1. The van der Waals surface area contributed by atoms with Gasteiger partial charge in [0.05, 0.1) is 13.2 Å². The molecule has 0 unspecified atom stereocenters. The van der Waals surface area contributed by atoms with Crippen LogP contribution in [0.2, 0.25) is 0 Å². The molecule has 0 N–H and O–H groups in total. The van der Waals surface area contributed by atoms with Crippen molar-refractivity contribution in [1.82, 2.24) is 4.90 Å². The number of ether oxygens (including phenoxy) is 1. The molecular formula is C15H22N2O. The van der Waals surface area contributed by atoms with Crippen LogP contribution in [0.1, 0.15) is 12.0 Å². The zero-order chi connectivity index (χ0) is 12.2. The Morgan fingerprint density at radius 2 is 1.83 bits per heavy atom. The lowest BCUT2D eigenvalue weighted by Gasteiger charge is -2.34. The van der Waals surface area contributed by atoms with E-state index in [-0.39, 0.29) is 0 Å². The molecule has 2 aliphatic heterocycles. The Morgan fingerprint density at radius 1 is 1.00 bits per heavy atom. The highest BCUT2D eigenvalue weighted by Crippen LogP contribution is 2.26. The van der Waals surface area contributed by atoms with Crippen molar-refractivity contribution in [3.63, 3.8) is 0 Å². The van der Waals surface area contributed by atoms with Crippen molar-refractivity contribution in [2.75, 3.05) is 50.8 Å². The van der Waals surface area contributed by atoms with Gasteiger partial charge in [-0.15, -0.1) is 0 Å². The highest BCUT2D eigenvalue weighted by atomic mass is 16.5. The number of aryl methyl sites for hydroxylation is 1. The summed E-state index contributed by atoms with van der Waals surface area (Å²) < 4.78 is 5.39. The molecule has 3 rings (SSSR count). The lowest BCUT2D eigenvalue weighted by Crippen LogP contribution is -2.42. The molecule has 0 aliphatic carbocycles. The van der Waals surface area contributed by atoms with Crippen molar-refractivity contribution < 1.29 is 4.74 Å². The summed E-state index contributed by atoms with van der Waals surface area (Å²) in [6.07, 6.45) is 2.53. The number of hydrogen-bond acceptors (Lipinski definition) is 3. The molecule has 3 heteroatoms. The van der Waals surface area contributed by atoms with Gasteiger partial charge in [0.1, 0.15) is 0 Å². The number of rotatable bonds is 3. The molecule has 18 heavy (non-hydrogen) atoms. The number of nitrogens with zero attached hydrogens (tertiary/aromatic N) is 2. The van der Waals surface area contributed by atoms with E-state index in [0.29, 0.717) is 0 Å². The van der Waals surface area contributed by atoms with Crippen LogP contribution in [-0.2, 0) is 11.2 Å². The minimum atomic E-state index is 0.899. The number of anilines is 1.